The topological polar surface area (TPSA) is 78.9 Å². The van der Waals surface area contributed by atoms with Crippen LogP contribution in [-0.4, -0.2) is 37.2 Å². The molecule has 0 aliphatic heterocycles. The molecule has 0 aliphatic carbocycles. The van der Waals surface area contributed by atoms with E-state index in [1.807, 2.05) is 0 Å². The van der Waals surface area contributed by atoms with Crippen LogP contribution in [0.1, 0.15) is 330 Å². The summed E-state index contributed by atoms with van der Waals surface area (Å²) >= 11 is 0. The molecule has 0 aromatic heterocycles. The number of unbranched alkanes of at least 4 members (excludes halogenated alkanes) is 38. The van der Waals surface area contributed by atoms with E-state index in [2.05, 4.69) is 34.6 Å². The minimum absolute atomic E-state index is 0.0625. The second-order valence-corrected chi connectivity index (χ2v) is 21.2. The SMILES string of the molecule is CCCCCCCCCCCCCCCC(=O)OC[C@@H](COC(=O)CCCCCCCCCCCCCCCCC(C)C)OC(=O)CCCCCCCCCCCCCCCCC(C)C. The Labute approximate surface area is 406 Å². The van der Waals surface area contributed by atoms with Gasteiger partial charge in [-0.05, 0) is 31.1 Å². The van der Waals surface area contributed by atoms with Gasteiger partial charge in [0.15, 0.2) is 6.10 Å². The zero-order valence-corrected chi connectivity index (χ0v) is 44.6. The van der Waals surface area contributed by atoms with Crippen LogP contribution in [0, 0.1) is 11.8 Å². The molecule has 0 amide bonds. The van der Waals surface area contributed by atoms with Crippen molar-refractivity contribution in [1.29, 1.82) is 0 Å². The molecule has 0 spiro atoms. The summed E-state index contributed by atoms with van der Waals surface area (Å²) in [5.74, 6) is 0.851. The number of rotatable bonds is 53. The van der Waals surface area contributed by atoms with E-state index in [1.165, 1.54) is 218 Å². The molecule has 0 unspecified atom stereocenters. The molecule has 0 aromatic rings. The van der Waals surface area contributed by atoms with E-state index >= 15 is 0 Å². The van der Waals surface area contributed by atoms with Gasteiger partial charge >= 0.3 is 17.9 Å². The standard InChI is InChI=1S/C59H114O6/c1-6-7-8-9-10-11-12-17-24-29-34-39-44-49-57(60)63-52-56(65-59(62)51-46-41-36-31-26-21-16-14-19-23-28-33-38-43-48-55(4)5)53-64-58(61)50-45-40-35-30-25-20-15-13-18-22-27-32-37-42-47-54(2)3/h54-56H,6-53H2,1-5H3/t56-/m0/s1. The summed E-state index contributed by atoms with van der Waals surface area (Å²) in [6.45, 7) is 11.4. The molecule has 0 rings (SSSR count). The van der Waals surface area contributed by atoms with Crippen LogP contribution >= 0.6 is 0 Å². The molecule has 0 bridgehead atoms. The van der Waals surface area contributed by atoms with Gasteiger partial charge in [0.25, 0.3) is 0 Å². The first-order chi connectivity index (χ1) is 31.7. The van der Waals surface area contributed by atoms with Gasteiger partial charge < -0.3 is 14.2 Å². The van der Waals surface area contributed by atoms with E-state index in [-0.39, 0.29) is 31.1 Å². The average molecular weight is 920 g/mol. The fourth-order valence-corrected chi connectivity index (χ4v) is 9.05. The molecule has 0 radical (unpaired) electrons. The Morgan fingerprint density at radius 1 is 0.292 bits per heavy atom. The van der Waals surface area contributed by atoms with E-state index in [4.69, 9.17) is 14.2 Å². The number of esters is 3. The van der Waals surface area contributed by atoms with E-state index in [9.17, 15) is 14.4 Å². The molecular weight excluding hydrogens is 805 g/mol. The van der Waals surface area contributed by atoms with Crippen molar-refractivity contribution in [2.45, 2.75) is 336 Å². The van der Waals surface area contributed by atoms with E-state index < -0.39 is 6.10 Å². The van der Waals surface area contributed by atoms with E-state index in [0.29, 0.717) is 19.3 Å². The summed E-state index contributed by atoms with van der Waals surface area (Å²) in [5.41, 5.74) is 0. The second kappa shape index (κ2) is 51.8. The minimum Gasteiger partial charge on any atom is -0.462 e. The van der Waals surface area contributed by atoms with Gasteiger partial charge in [0.2, 0.25) is 0 Å². The molecule has 65 heavy (non-hydrogen) atoms. The van der Waals surface area contributed by atoms with Crippen molar-refractivity contribution in [1.82, 2.24) is 0 Å². The fraction of sp³-hybridized carbons (Fsp3) is 0.949. The van der Waals surface area contributed by atoms with Crippen LogP contribution < -0.4 is 0 Å². The number of hydrogen-bond acceptors (Lipinski definition) is 6. The Bertz CT molecular complexity index is 993. The van der Waals surface area contributed by atoms with Gasteiger partial charge in [-0.1, -0.05) is 291 Å². The number of carbonyl (C=O) groups excluding carboxylic acids is 3. The average Bonchev–Trinajstić information content (AvgIpc) is 3.28. The van der Waals surface area contributed by atoms with Crippen molar-refractivity contribution in [3.8, 4) is 0 Å². The molecule has 1 atom stereocenters. The maximum absolute atomic E-state index is 12.9. The summed E-state index contributed by atoms with van der Waals surface area (Å²) in [6, 6.07) is 0. The molecular formula is C59H114O6. The molecule has 0 heterocycles. The maximum atomic E-state index is 12.9. The highest BCUT2D eigenvalue weighted by Crippen LogP contribution is 2.18. The second-order valence-electron chi connectivity index (χ2n) is 21.2. The predicted octanol–water partition coefficient (Wildman–Crippen LogP) is 19.3. The molecule has 0 fully saturated rings. The Morgan fingerprint density at radius 2 is 0.508 bits per heavy atom. The number of hydrogen-bond donors (Lipinski definition) is 0. The largest absolute Gasteiger partial charge is 0.462 e. The van der Waals surface area contributed by atoms with E-state index in [0.717, 1.165) is 69.6 Å². The molecule has 0 aliphatic rings. The van der Waals surface area contributed by atoms with E-state index in [1.54, 1.807) is 0 Å². The van der Waals surface area contributed by atoms with Gasteiger partial charge in [0, 0.05) is 19.3 Å². The third-order valence-electron chi connectivity index (χ3n) is 13.5. The van der Waals surface area contributed by atoms with Gasteiger partial charge in [-0.25, -0.2) is 0 Å². The van der Waals surface area contributed by atoms with Gasteiger partial charge in [-0.3, -0.25) is 14.4 Å². The Kier molecular flexibility index (Phi) is 50.5. The predicted molar refractivity (Wildman–Crippen MR) is 280 cm³/mol. The Balaban J connectivity index is 4.29. The van der Waals surface area contributed by atoms with Crippen molar-refractivity contribution < 1.29 is 28.6 Å². The highest BCUT2D eigenvalue weighted by atomic mass is 16.6. The van der Waals surface area contributed by atoms with Crippen molar-refractivity contribution in [2.24, 2.45) is 11.8 Å². The third-order valence-corrected chi connectivity index (χ3v) is 13.5. The van der Waals surface area contributed by atoms with Crippen LogP contribution in [0.4, 0.5) is 0 Å². The van der Waals surface area contributed by atoms with Gasteiger partial charge in [-0.15, -0.1) is 0 Å². The summed E-state index contributed by atoms with van der Waals surface area (Å²) in [6.07, 6.45) is 55.2. The molecule has 386 valence electrons. The summed E-state index contributed by atoms with van der Waals surface area (Å²) in [7, 11) is 0. The highest BCUT2D eigenvalue weighted by Gasteiger charge is 2.19. The van der Waals surface area contributed by atoms with Crippen LogP contribution in [0.2, 0.25) is 0 Å². The zero-order chi connectivity index (χ0) is 47.5. The lowest BCUT2D eigenvalue weighted by Gasteiger charge is -2.18. The highest BCUT2D eigenvalue weighted by molar-refractivity contribution is 5.71. The van der Waals surface area contributed by atoms with Crippen molar-refractivity contribution in [3.63, 3.8) is 0 Å². The minimum atomic E-state index is -0.762. The first-order valence-electron chi connectivity index (χ1n) is 29.2. The normalized spacial score (nSPS) is 12.0. The lowest BCUT2D eigenvalue weighted by atomic mass is 10.0. The first-order valence-corrected chi connectivity index (χ1v) is 29.2. The van der Waals surface area contributed by atoms with Gasteiger partial charge in [0.1, 0.15) is 13.2 Å². The lowest BCUT2D eigenvalue weighted by molar-refractivity contribution is -0.167. The molecule has 0 N–H and O–H groups in total. The van der Waals surface area contributed by atoms with Crippen LogP contribution in [0.25, 0.3) is 0 Å². The lowest BCUT2D eigenvalue weighted by Crippen LogP contribution is -2.30. The maximum Gasteiger partial charge on any atom is 0.306 e. The van der Waals surface area contributed by atoms with Crippen molar-refractivity contribution >= 4 is 17.9 Å². The number of ether oxygens (including phenoxy) is 3. The molecule has 0 aromatic carbocycles. The zero-order valence-electron chi connectivity index (χ0n) is 44.6. The molecule has 6 nitrogen and oxygen atoms in total. The van der Waals surface area contributed by atoms with Gasteiger partial charge in [0.05, 0.1) is 0 Å². The molecule has 6 heteroatoms. The smallest absolute Gasteiger partial charge is 0.306 e. The summed E-state index contributed by atoms with van der Waals surface area (Å²) in [5, 5.41) is 0. The van der Waals surface area contributed by atoms with Crippen LogP contribution in [0.3, 0.4) is 0 Å². The quantitative estimate of drug-likeness (QED) is 0.0344. The third kappa shape index (κ3) is 53.2. The Morgan fingerprint density at radius 3 is 0.754 bits per heavy atom. The first kappa shape index (κ1) is 63.4. The fourth-order valence-electron chi connectivity index (χ4n) is 9.05. The molecule has 0 saturated carbocycles. The monoisotopic (exact) mass is 919 g/mol. The molecule has 0 saturated heterocycles. The van der Waals surface area contributed by atoms with Crippen molar-refractivity contribution in [2.75, 3.05) is 13.2 Å². The van der Waals surface area contributed by atoms with Crippen LogP contribution in [0.15, 0.2) is 0 Å². The van der Waals surface area contributed by atoms with Gasteiger partial charge in [-0.2, -0.15) is 0 Å². The van der Waals surface area contributed by atoms with Crippen LogP contribution in [-0.2, 0) is 28.6 Å². The van der Waals surface area contributed by atoms with Crippen LogP contribution in [0.5, 0.6) is 0 Å². The number of carbonyl (C=O) groups is 3. The summed E-state index contributed by atoms with van der Waals surface area (Å²) in [4.78, 5) is 38.1. The Hall–Kier alpha value is -1.59. The summed E-state index contributed by atoms with van der Waals surface area (Å²) < 4.78 is 16.9. The van der Waals surface area contributed by atoms with Crippen molar-refractivity contribution in [3.05, 3.63) is 0 Å².